The van der Waals surface area contributed by atoms with E-state index in [1.54, 1.807) is 25.4 Å². The molecular weight excluding hydrogens is 348 g/mol. The van der Waals surface area contributed by atoms with Crippen molar-refractivity contribution >= 4 is 11.7 Å². The summed E-state index contributed by atoms with van der Waals surface area (Å²) in [4.78, 5) is 22.7. The Morgan fingerprint density at radius 1 is 1.30 bits per heavy atom. The fraction of sp³-hybridized carbons (Fsp3) is 0.421. The van der Waals surface area contributed by atoms with Crippen LogP contribution in [0.3, 0.4) is 0 Å². The maximum absolute atomic E-state index is 11.8. The monoisotopic (exact) mass is 370 g/mol. The molecule has 27 heavy (non-hydrogen) atoms. The van der Waals surface area contributed by atoms with E-state index in [0.717, 1.165) is 43.1 Å². The van der Waals surface area contributed by atoms with Crippen molar-refractivity contribution in [1.82, 2.24) is 15.3 Å². The van der Waals surface area contributed by atoms with Crippen LogP contribution < -0.4 is 19.7 Å². The number of pyridine rings is 2. The molecule has 0 aliphatic carbocycles. The van der Waals surface area contributed by atoms with Crippen LogP contribution in [0, 0.1) is 6.92 Å². The summed E-state index contributed by atoms with van der Waals surface area (Å²) >= 11 is 0. The number of rotatable bonds is 4. The molecule has 0 spiro atoms. The van der Waals surface area contributed by atoms with Crippen LogP contribution in [0.15, 0.2) is 24.4 Å². The van der Waals surface area contributed by atoms with E-state index in [4.69, 9.17) is 9.47 Å². The van der Waals surface area contributed by atoms with Crippen molar-refractivity contribution in [3.05, 3.63) is 41.2 Å². The first-order valence-corrected chi connectivity index (χ1v) is 8.97. The molecule has 0 bridgehead atoms. The average Bonchev–Trinajstić information content (AvgIpc) is 2.95. The molecule has 4 heterocycles. The van der Waals surface area contributed by atoms with Gasteiger partial charge in [0.15, 0.2) is 6.23 Å². The molecular formula is C19H22N4O4. The third kappa shape index (κ3) is 3.40. The normalized spacial score (nSPS) is 19.6. The first-order chi connectivity index (χ1) is 13.0. The fourth-order valence-electron chi connectivity index (χ4n) is 3.53. The molecule has 1 fully saturated rings. The summed E-state index contributed by atoms with van der Waals surface area (Å²) in [6, 6.07) is 5.44. The van der Waals surface area contributed by atoms with Gasteiger partial charge >= 0.3 is 0 Å². The van der Waals surface area contributed by atoms with Crippen molar-refractivity contribution in [3.63, 3.8) is 0 Å². The lowest BCUT2D eigenvalue weighted by atomic mass is 10.1. The van der Waals surface area contributed by atoms with Crippen molar-refractivity contribution < 1.29 is 19.4 Å². The summed E-state index contributed by atoms with van der Waals surface area (Å²) in [5.41, 5.74) is 1.79. The number of amides is 1. The Balaban J connectivity index is 1.42. The number of hydrogen-bond acceptors (Lipinski definition) is 7. The van der Waals surface area contributed by atoms with E-state index in [0.29, 0.717) is 17.1 Å². The Kier molecular flexibility index (Phi) is 4.57. The maximum Gasteiger partial charge on any atom is 0.255 e. The Morgan fingerprint density at radius 2 is 2.07 bits per heavy atom. The number of hydrogen-bond donors (Lipinski definition) is 2. The second-order valence-electron chi connectivity index (χ2n) is 6.78. The van der Waals surface area contributed by atoms with Crippen molar-refractivity contribution in [2.24, 2.45) is 0 Å². The predicted molar refractivity (Wildman–Crippen MR) is 98.1 cm³/mol. The van der Waals surface area contributed by atoms with E-state index in [9.17, 15) is 9.90 Å². The fourth-order valence-corrected chi connectivity index (χ4v) is 3.53. The molecule has 0 aromatic carbocycles. The predicted octanol–water partition coefficient (Wildman–Crippen LogP) is 1.58. The highest BCUT2D eigenvalue weighted by Crippen LogP contribution is 2.30. The van der Waals surface area contributed by atoms with Gasteiger partial charge in [0, 0.05) is 32.0 Å². The van der Waals surface area contributed by atoms with Crippen molar-refractivity contribution in [3.8, 4) is 11.6 Å². The topological polar surface area (TPSA) is 96.8 Å². The lowest BCUT2D eigenvalue weighted by Gasteiger charge is -2.34. The van der Waals surface area contributed by atoms with E-state index in [1.165, 1.54) is 0 Å². The minimum absolute atomic E-state index is 0.111. The van der Waals surface area contributed by atoms with Crippen molar-refractivity contribution in [1.29, 1.82) is 0 Å². The van der Waals surface area contributed by atoms with E-state index in [-0.39, 0.29) is 12.0 Å². The number of nitrogens with one attached hydrogen (secondary N) is 1. The number of nitrogens with zero attached hydrogens (tertiary/aromatic N) is 3. The van der Waals surface area contributed by atoms with E-state index in [1.807, 2.05) is 13.0 Å². The number of aliphatic hydroxyl groups is 1. The standard InChI is InChI=1S/C19H22N4O4/c1-11-9-14-16(19(25)22-18(14)24)21-17(11)23-7-5-12(6-8-23)27-13-3-4-15(26-2)20-10-13/h3-4,9-10,12,19,25H,5-8H2,1-2H3,(H,22,24). The quantitative estimate of drug-likeness (QED) is 0.843. The first-order valence-electron chi connectivity index (χ1n) is 8.97. The third-order valence-electron chi connectivity index (χ3n) is 4.95. The number of carbonyl (C=O) groups excluding carboxylic acids is 1. The number of aryl methyl sites for hydroxylation is 1. The van der Waals surface area contributed by atoms with Crippen LogP contribution in [0.1, 0.15) is 40.7 Å². The van der Waals surface area contributed by atoms with Crippen LogP contribution in [-0.2, 0) is 0 Å². The maximum atomic E-state index is 11.8. The zero-order valence-electron chi connectivity index (χ0n) is 15.3. The Bertz CT molecular complexity index is 848. The van der Waals surface area contributed by atoms with Crippen LogP contribution in [-0.4, -0.2) is 47.3 Å². The second-order valence-corrected chi connectivity index (χ2v) is 6.78. The van der Waals surface area contributed by atoms with Gasteiger partial charge in [-0.1, -0.05) is 0 Å². The van der Waals surface area contributed by atoms with Gasteiger partial charge in [-0.25, -0.2) is 9.97 Å². The minimum Gasteiger partial charge on any atom is -0.489 e. The van der Waals surface area contributed by atoms with E-state index < -0.39 is 6.23 Å². The molecule has 0 radical (unpaired) electrons. The van der Waals surface area contributed by atoms with Gasteiger partial charge in [0.25, 0.3) is 5.91 Å². The number of aliphatic hydroxyl groups excluding tert-OH is 1. The summed E-state index contributed by atoms with van der Waals surface area (Å²) in [7, 11) is 1.58. The highest BCUT2D eigenvalue weighted by Gasteiger charge is 2.31. The molecule has 1 unspecified atom stereocenters. The molecule has 2 aromatic rings. The third-order valence-corrected chi connectivity index (χ3v) is 4.95. The number of fused-ring (bicyclic) bond motifs is 1. The summed E-state index contributed by atoms with van der Waals surface area (Å²) < 4.78 is 11.1. The number of ether oxygens (including phenoxy) is 2. The van der Waals surface area contributed by atoms with Crippen LogP contribution in [0.5, 0.6) is 11.6 Å². The smallest absolute Gasteiger partial charge is 0.255 e. The molecule has 8 heteroatoms. The molecule has 142 valence electrons. The number of aromatic nitrogens is 2. The molecule has 2 aliphatic heterocycles. The number of carbonyl (C=O) groups is 1. The van der Waals surface area contributed by atoms with Gasteiger partial charge in [-0.15, -0.1) is 0 Å². The van der Waals surface area contributed by atoms with Crippen molar-refractivity contribution in [2.45, 2.75) is 32.1 Å². The van der Waals surface area contributed by atoms with Gasteiger partial charge < -0.3 is 24.8 Å². The van der Waals surface area contributed by atoms with Gasteiger partial charge in [0.1, 0.15) is 23.4 Å². The number of anilines is 1. The van der Waals surface area contributed by atoms with Crippen molar-refractivity contribution in [2.75, 3.05) is 25.1 Å². The van der Waals surface area contributed by atoms with Gasteiger partial charge in [0.2, 0.25) is 5.88 Å². The SMILES string of the molecule is COc1ccc(OC2CCN(c3nc4c(cc3C)C(=O)NC4O)CC2)cn1. The summed E-state index contributed by atoms with van der Waals surface area (Å²) in [5.74, 6) is 1.83. The molecule has 0 saturated carbocycles. The molecule has 2 aromatic heterocycles. The lowest BCUT2D eigenvalue weighted by molar-refractivity contribution is 0.0846. The van der Waals surface area contributed by atoms with Crippen LogP contribution in [0.4, 0.5) is 5.82 Å². The minimum atomic E-state index is -1.03. The Labute approximate surface area is 157 Å². The Hall–Kier alpha value is -2.87. The Morgan fingerprint density at radius 3 is 2.74 bits per heavy atom. The highest BCUT2D eigenvalue weighted by molar-refractivity contribution is 5.98. The largest absolute Gasteiger partial charge is 0.489 e. The highest BCUT2D eigenvalue weighted by atomic mass is 16.5. The number of methoxy groups -OCH3 is 1. The average molecular weight is 370 g/mol. The number of piperidine rings is 1. The molecule has 8 nitrogen and oxygen atoms in total. The van der Waals surface area contributed by atoms with Gasteiger partial charge in [-0.3, -0.25) is 4.79 Å². The van der Waals surface area contributed by atoms with Gasteiger partial charge in [-0.05, 0) is 24.6 Å². The molecule has 1 saturated heterocycles. The molecule has 2 N–H and O–H groups in total. The van der Waals surface area contributed by atoms with Gasteiger partial charge in [0.05, 0.1) is 18.9 Å². The molecule has 1 amide bonds. The zero-order valence-corrected chi connectivity index (χ0v) is 15.3. The molecule has 2 aliphatic rings. The summed E-state index contributed by atoms with van der Waals surface area (Å²) in [6.45, 7) is 3.52. The van der Waals surface area contributed by atoms with E-state index in [2.05, 4.69) is 20.2 Å². The second kappa shape index (κ2) is 7.03. The lowest BCUT2D eigenvalue weighted by Crippen LogP contribution is -2.39. The summed E-state index contributed by atoms with van der Waals surface area (Å²) in [5, 5.41) is 12.4. The zero-order chi connectivity index (χ0) is 19.0. The molecule has 1 atom stereocenters. The summed E-state index contributed by atoms with van der Waals surface area (Å²) in [6.07, 6.45) is 2.45. The van der Waals surface area contributed by atoms with E-state index >= 15 is 0 Å². The van der Waals surface area contributed by atoms with Crippen LogP contribution in [0.2, 0.25) is 0 Å². The first kappa shape index (κ1) is 17.5. The van der Waals surface area contributed by atoms with Crippen LogP contribution >= 0.6 is 0 Å². The molecule has 4 rings (SSSR count). The van der Waals surface area contributed by atoms with Crippen LogP contribution in [0.25, 0.3) is 0 Å². The van der Waals surface area contributed by atoms with Gasteiger partial charge in [-0.2, -0.15) is 0 Å².